The fraction of sp³-hybridized carbons (Fsp3) is 0.951. The summed E-state index contributed by atoms with van der Waals surface area (Å²) in [7, 11) is 1.49. The summed E-state index contributed by atoms with van der Waals surface area (Å²) < 4.78 is 21.8. The summed E-state index contributed by atoms with van der Waals surface area (Å²) in [5, 5.41) is 0. The number of unbranched alkanes of at least 4 members (excludes halogenated alkanes) is 19. The monoisotopic (exact) mass is 747 g/mol. The van der Waals surface area contributed by atoms with Crippen LogP contribution in [-0.4, -0.2) is 74.9 Å². The molecule has 0 aromatic carbocycles. The van der Waals surface area contributed by atoms with Crippen molar-refractivity contribution in [2.75, 3.05) is 47.5 Å². The largest absolute Gasteiger partial charge is 0.606 e. The maximum Gasteiger partial charge on any atom is 0.377 e. The van der Waals surface area contributed by atoms with Crippen LogP contribution in [-0.2, 0) is 28.1 Å². The second-order valence-corrected chi connectivity index (χ2v) is 17.8. The zero-order chi connectivity index (χ0) is 37.6. The van der Waals surface area contributed by atoms with Crippen LogP contribution < -0.4 is 4.89 Å². The molecule has 1 rings (SSSR count). The average molecular weight is 747 g/mol. The number of hydrogen-bond donors (Lipinski definition) is 1. The highest BCUT2D eigenvalue weighted by molar-refractivity contribution is 7.52. The van der Waals surface area contributed by atoms with Gasteiger partial charge in [0.05, 0.1) is 21.1 Å². The summed E-state index contributed by atoms with van der Waals surface area (Å²) in [5.41, 5.74) is 0. The van der Waals surface area contributed by atoms with E-state index < -0.39 is 26.9 Å². The Labute approximate surface area is 314 Å². The van der Waals surface area contributed by atoms with Gasteiger partial charge >= 0.3 is 20.1 Å². The molecule has 1 aliphatic rings. The minimum atomic E-state index is -4.36. The molecule has 0 spiro atoms. The molecule has 1 aliphatic carbocycles. The SMILES string of the molecule is CCCCCCCCCCCCCCCC(=O)O[C@H](COC(=O)CCCCCCC[C@H]1C[C@@H]1CCCCCC)CO[P+]([O-])(O)OCC[N+](C)(C)C. The van der Waals surface area contributed by atoms with Crippen LogP contribution in [0.4, 0.5) is 0 Å². The van der Waals surface area contributed by atoms with Crippen LogP contribution in [0.15, 0.2) is 0 Å². The lowest BCUT2D eigenvalue weighted by Crippen LogP contribution is -2.38. The maximum atomic E-state index is 12.7. The highest BCUT2D eigenvalue weighted by Crippen LogP contribution is 2.47. The van der Waals surface area contributed by atoms with Crippen LogP contribution in [0.25, 0.3) is 0 Å². The highest BCUT2D eigenvalue weighted by atomic mass is 31.2. The lowest BCUT2D eigenvalue weighted by atomic mass is 10.0. The van der Waals surface area contributed by atoms with E-state index in [9.17, 15) is 19.4 Å². The van der Waals surface area contributed by atoms with Gasteiger partial charge in [0, 0.05) is 12.8 Å². The van der Waals surface area contributed by atoms with Crippen LogP contribution in [0.1, 0.15) is 187 Å². The Hall–Kier alpha value is -0.830. The van der Waals surface area contributed by atoms with Crippen molar-refractivity contribution < 1.29 is 42.4 Å². The standard InChI is InChI=1S/C41H80NO8P/c1-6-8-10-12-13-14-15-16-17-18-19-22-27-31-41(44)50-39(36-49-51(45,46)48-33-32-42(3,4)5)35-47-40(43)30-26-23-20-21-25-29-38-34-37(38)28-24-11-9-7-2/h37-39H,6-36H2,1-5H3/p+1/t37-,38-,39+/m0/s1. The summed E-state index contributed by atoms with van der Waals surface area (Å²) in [6.07, 6.45) is 30.4. The molecule has 51 heavy (non-hydrogen) atoms. The van der Waals surface area contributed by atoms with Gasteiger partial charge in [0.2, 0.25) is 0 Å². The third kappa shape index (κ3) is 31.2. The molecule has 10 heteroatoms. The Bertz CT molecular complexity index is 852. The first-order valence-corrected chi connectivity index (χ1v) is 22.7. The van der Waals surface area contributed by atoms with Crippen molar-refractivity contribution in [2.24, 2.45) is 11.8 Å². The second kappa shape index (κ2) is 30.5. The summed E-state index contributed by atoms with van der Waals surface area (Å²) in [5.74, 6) is 1.16. The van der Waals surface area contributed by atoms with Gasteiger partial charge in [0.15, 0.2) is 6.10 Å². The Morgan fingerprint density at radius 1 is 0.647 bits per heavy atom. The minimum absolute atomic E-state index is 0.0377. The number of hydrogen-bond acceptors (Lipinski definition) is 8. The molecule has 0 aromatic heterocycles. The molecular formula is C41H81NO8P+. The lowest BCUT2D eigenvalue weighted by molar-refractivity contribution is -0.870. The Kier molecular flexibility index (Phi) is 28.8. The normalized spacial score (nSPS) is 17.6. The van der Waals surface area contributed by atoms with Crippen molar-refractivity contribution >= 4 is 20.1 Å². The predicted octanol–water partition coefficient (Wildman–Crippen LogP) is 10.0. The van der Waals surface area contributed by atoms with Crippen LogP contribution in [0.5, 0.6) is 0 Å². The number of carbonyl (C=O) groups excluding carboxylic acids is 2. The molecule has 1 fully saturated rings. The van der Waals surface area contributed by atoms with Gasteiger partial charge in [0.25, 0.3) is 0 Å². The molecule has 4 atom stereocenters. The molecule has 302 valence electrons. The van der Waals surface area contributed by atoms with Gasteiger partial charge in [-0.1, -0.05) is 155 Å². The average Bonchev–Trinajstić information content (AvgIpc) is 3.83. The Balaban J connectivity index is 2.29. The number of nitrogens with zero attached hydrogens (tertiary/aromatic N) is 1. The van der Waals surface area contributed by atoms with E-state index in [4.69, 9.17) is 18.5 Å². The number of rotatable bonds is 37. The van der Waals surface area contributed by atoms with Gasteiger partial charge in [0.1, 0.15) is 26.4 Å². The number of phosphoric ester groups is 1. The number of carbonyl (C=O) groups is 2. The van der Waals surface area contributed by atoms with E-state index in [1.54, 1.807) is 0 Å². The molecular weight excluding hydrogens is 665 g/mol. The fourth-order valence-electron chi connectivity index (χ4n) is 6.61. The molecule has 0 aromatic rings. The van der Waals surface area contributed by atoms with E-state index in [-0.39, 0.29) is 25.6 Å². The minimum Gasteiger partial charge on any atom is -0.606 e. The van der Waals surface area contributed by atoms with Crippen LogP contribution in [0, 0.1) is 11.8 Å². The van der Waals surface area contributed by atoms with Crippen molar-refractivity contribution in [1.29, 1.82) is 0 Å². The third-order valence-electron chi connectivity index (χ3n) is 10.1. The Morgan fingerprint density at radius 2 is 1.08 bits per heavy atom. The predicted molar refractivity (Wildman–Crippen MR) is 208 cm³/mol. The van der Waals surface area contributed by atoms with E-state index in [2.05, 4.69) is 13.8 Å². The van der Waals surface area contributed by atoms with E-state index >= 15 is 0 Å². The van der Waals surface area contributed by atoms with Gasteiger partial charge in [-0.25, -0.2) is 0 Å². The molecule has 0 bridgehead atoms. The van der Waals surface area contributed by atoms with Crippen LogP contribution >= 0.6 is 8.17 Å². The van der Waals surface area contributed by atoms with Crippen molar-refractivity contribution in [3.05, 3.63) is 0 Å². The zero-order valence-corrected chi connectivity index (χ0v) is 34.7. The Morgan fingerprint density at radius 3 is 1.57 bits per heavy atom. The third-order valence-corrected chi connectivity index (χ3v) is 11.1. The van der Waals surface area contributed by atoms with Gasteiger partial charge in [-0.2, -0.15) is 13.9 Å². The first-order valence-electron chi connectivity index (χ1n) is 21.2. The zero-order valence-electron chi connectivity index (χ0n) is 33.9. The van der Waals surface area contributed by atoms with Gasteiger partial charge < -0.3 is 18.9 Å². The summed E-state index contributed by atoms with van der Waals surface area (Å²) >= 11 is 0. The van der Waals surface area contributed by atoms with E-state index in [1.807, 2.05) is 21.1 Å². The van der Waals surface area contributed by atoms with E-state index in [1.165, 1.54) is 122 Å². The quantitative estimate of drug-likeness (QED) is 0.0289. The lowest BCUT2D eigenvalue weighted by Gasteiger charge is -2.26. The molecule has 0 aliphatic heterocycles. The molecule has 0 radical (unpaired) electrons. The molecule has 0 amide bonds. The van der Waals surface area contributed by atoms with Gasteiger partial charge in [-0.15, -0.1) is 0 Å². The van der Waals surface area contributed by atoms with Crippen LogP contribution in [0.3, 0.4) is 0 Å². The molecule has 0 saturated heterocycles. The molecule has 1 N–H and O–H groups in total. The number of esters is 2. The topological polar surface area (TPSA) is 114 Å². The molecule has 0 heterocycles. The number of likely N-dealkylation sites (N-methyl/N-ethyl adjacent to an activating group) is 1. The summed E-state index contributed by atoms with van der Waals surface area (Å²) in [6, 6.07) is 0. The van der Waals surface area contributed by atoms with Crippen LogP contribution in [0.2, 0.25) is 0 Å². The van der Waals surface area contributed by atoms with Crippen molar-refractivity contribution in [1.82, 2.24) is 0 Å². The second-order valence-electron chi connectivity index (χ2n) is 16.3. The van der Waals surface area contributed by atoms with Gasteiger partial charge in [-0.3, -0.25) is 9.59 Å². The first kappa shape index (κ1) is 48.2. The maximum absolute atomic E-state index is 12.7. The number of phosphoric acid groups is 1. The molecule has 1 saturated carbocycles. The number of ether oxygens (including phenoxy) is 2. The summed E-state index contributed by atoms with van der Waals surface area (Å²) in [4.78, 5) is 47.8. The van der Waals surface area contributed by atoms with E-state index in [0.29, 0.717) is 17.4 Å². The highest BCUT2D eigenvalue weighted by Gasteiger charge is 2.35. The molecule has 9 nitrogen and oxygen atoms in total. The van der Waals surface area contributed by atoms with Gasteiger partial charge in [-0.05, 0) is 31.1 Å². The van der Waals surface area contributed by atoms with Crippen molar-refractivity contribution in [3.63, 3.8) is 0 Å². The summed E-state index contributed by atoms with van der Waals surface area (Å²) in [6.45, 7) is 4.46. The van der Waals surface area contributed by atoms with E-state index in [0.717, 1.165) is 50.4 Å². The number of quaternary nitrogens is 1. The fourth-order valence-corrected chi connectivity index (χ4v) is 7.35. The van der Waals surface area contributed by atoms with Crippen molar-refractivity contribution in [2.45, 2.75) is 193 Å². The first-order chi connectivity index (χ1) is 24.5. The molecule has 1 unspecified atom stereocenters. The van der Waals surface area contributed by atoms with Crippen molar-refractivity contribution in [3.8, 4) is 0 Å². The smallest absolute Gasteiger partial charge is 0.377 e.